The van der Waals surface area contributed by atoms with Gasteiger partial charge in [0.15, 0.2) is 0 Å². The molecule has 3 heteroatoms. The average molecular weight is 304 g/mol. The van der Waals surface area contributed by atoms with Gasteiger partial charge in [-0.05, 0) is 69.1 Å². The molecule has 0 aromatic carbocycles. The molecular weight excluding hydrogens is 276 g/mol. The zero-order chi connectivity index (χ0) is 15.2. The average Bonchev–Trinajstić information content (AvgIpc) is 2.71. The van der Waals surface area contributed by atoms with Crippen LogP contribution in [0.1, 0.15) is 71.6 Å². The van der Waals surface area contributed by atoms with E-state index in [4.69, 9.17) is 9.78 Å². The van der Waals surface area contributed by atoms with Gasteiger partial charge in [0.2, 0.25) is 0 Å². The van der Waals surface area contributed by atoms with E-state index in [1.165, 1.54) is 25.7 Å². The second kappa shape index (κ2) is 4.16. The lowest BCUT2D eigenvalue weighted by Gasteiger charge is -2.63. The van der Waals surface area contributed by atoms with Crippen molar-refractivity contribution in [3.63, 3.8) is 0 Å². The third kappa shape index (κ3) is 1.40. The number of Topliss-reactive ketones (excluding diaryl/α,β-unsaturated/α-hetero) is 1. The monoisotopic (exact) mass is 304 g/mol. The smallest absolute Gasteiger partial charge is 0.139 e. The molecule has 0 N–H and O–H groups in total. The minimum Gasteiger partial charge on any atom is -0.299 e. The fourth-order valence-corrected chi connectivity index (χ4v) is 7.34. The Morgan fingerprint density at radius 1 is 1.00 bits per heavy atom. The first-order chi connectivity index (χ1) is 10.5. The van der Waals surface area contributed by atoms with E-state index in [0.717, 1.165) is 38.0 Å². The van der Waals surface area contributed by atoms with Crippen molar-refractivity contribution >= 4 is 5.78 Å². The van der Waals surface area contributed by atoms with Gasteiger partial charge < -0.3 is 0 Å². The predicted molar refractivity (Wildman–Crippen MR) is 81.9 cm³/mol. The topological polar surface area (TPSA) is 35.5 Å². The van der Waals surface area contributed by atoms with Crippen molar-refractivity contribution in [1.29, 1.82) is 0 Å². The quantitative estimate of drug-likeness (QED) is 0.633. The third-order valence-corrected chi connectivity index (χ3v) is 8.80. The number of hydrogen-bond donors (Lipinski definition) is 0. The molecular formula is C19H28O3. The molecule has 2 heterocycles. The Hall–Kier alpha value is -0.410. The molecule has 6 fully saturated rings. The zero-order valence-electron chi connectivity index (χ0n) is 13.9. The van der Waals surface area contributed by atoms with Crippen molar-refractivity contribution in [1.82, 2.24) is 0 Å². The summed E-state index contributed by atoms with van der Waals surface area (Å²) < 4.78 is 0. The number of carbonyl (C=O) groups is 1. The first-order valence-electron chi connectivity index (χ1n) is 9.37. The fourth-order valence-electron chi connectivity index (χ4n) is 7.34. The maximum absolute atomic E-state index is 12.5. The summed E-state index contributed by atoms with van der Waals surface area (Å²) in [4.78, 5) is 24.8. The summed E-state index contributed by atoms with van der Waals surface area (Å²) in [7, 11) is 0. The van der Waals surface area contributed by atoms with Gasteiger partial charge >= 0.3 is 0 Å². The van der Waals surface area contributed by atoms with Crippen molar-refractivity contribution in [2.75, 3.05) is 0 Å². The number of rotatable bonds is 0. The van der Waals surface area contributed by atoms with Crippen LogP contribution in [0.4, 0.5) is 0 Å². The van der Waals surface area contributed by atoms with Gasteiger partial charge in [-0.2, -0.15) is 0 Å². The van der Waals surface area contributed by atoms with Crippen molar-refractivity contribution in [3.8, 4) is 0 Å². The van der Waals surface area contributed by atoms with E-state index in [1.807, 2.05) is 0 Å². The molecule has 4 saturated carbocycles. The molecule has 0 aromatic rings. The summed E-state index contributed by atoms with van der Waals surface area (Å²) in [6.45, 7) is 4.72. The van der Waals surface area contributed by atoms with E-state index in [1.54, 1.807) is 0 Å². The van der Waals surface area contributed by atoms with Crippen molar-refractivity contribution in [3.05, 3.63) is 0 Å². The normalized spacial score (nSPS) is 59.8. The molecule has 4 bridgehead atoms. The van der Waals surface area contributed by atoms with Gasteiger partial charge in [-0.15, -0.1) is 0 Å². The van der Waals surface area contributed by atoms with Crippen LogP contribution in [0.3, 0.4) is 0 Å². The van der Waals surface area contributed by atoms with Crippen molar-refractivity contribution in [2.45, 2.75) is 83.3 Å². The van der Waals surface area contributed by atoms with Gasteiger partial charge in [0.05, 0.1) is 6.10 Å². The largest absolute Gasteiger partial charge is 0.299 e. The number of hydrogen-bond acceptors (Lipinski definition) is 3. The third-order valence-electron chi connectivity index (χ3n) is 8.80. The lowest BCUT2D eigenvalue weighted by molar-refractivity contribution is -0.412. The minimum absolute atomic E-state index is 0.0766. The van der Waals surface area contributed by atoms with E-state index in [-0.39, 0.29) is 16.4 Å². The summed E-state index contributed by atoms with van der Waals surface area (Å²) in [5.41, 5.74) is 0.0681. The lowest BCUT2D eigenvalue weighted by Crippen LogP contribution is -2.64. The molecule has 0 amide bonds. The maximum Gasteiger partial charge on any atom is 0.139 e. The highest BCUT2D eigenvalue weighted by molar-refractivity contribution is 5.87. The minimum atomic E-state index is -0.115. The second-order valence-electron chi connectivity index (χ2n) is 9.25. The standard InChI is InChI=1S/C19H28O3/c1-17-9-10-19-15(14(17)5-6-16(17)20)4-3-12-11-13(21-22-19)7-8-18(12,19)2/h12-15H,3-11H2,1-2H3/t12?,13-,14?,15?,17-,18-,19+/m0/s1. The maximum atomic E-state index is 12.5. The van der Waals surface area contributed by atoms with E-state index in [9.17, 15) is 4.79 Å². The molecule has 122 valence electrons. The van der Waals surface area contributed by atoms with Crippen LogP contribution in [0.2, 0.25) is 0 Å². The first kappa shape index (κ1) is 14.0. The predicted octanol–water partition coefficient (Wildman–Crippen LogP) is 4.05. The molecule has 0 aromatic heterocycles. The number of ketones is 1. The molecule has 0 radical (unpaired) electrons. The Morgan fingerprint density at radius 2 is 1.86 bits per heavy atom. The van der Waals surface area contributed by atoms with E-state index in [0.29, 0.717) is 23.7 Å². The molecule has 3 nitrogen and oxygen atoms in total. The molecule has 4 aliphatic carbocycles. The fraction of sp³-hybridized carbons (Fsp3) is 0.947. The van der Waals surface area contributed by atoms with Crippen LogP contribution in [0.5, 0.6) is 0 Å². The molecule has 2 aliphatic heterocycles. The Labute approximate surface area is 133 Å². The number of carbonyl (C=O) groups excluding carboxylic acids is 1. The zero-order valence-corrected chi connectivity index (χ0v) is 13.9. The molecule has 3 unspecified atom stereocenters. The second-order valence-corrected chi connectivity index (χ2v) is 9.25. The van der Waals surface area contributed by atoms with Gasteiger partial charge in [-0.25, -0.2) is 9.78 Å². The van der Waals surface area contributed by atoms with Crippen LogP contribution >= 0.6 is 0 Å². The molecule has 22 heavy (non-hydrogen) atoms. The highest BCUT2D eigenvalue weighted by Gasteiger charge is 2.70. The van der Waals surface area contributed by atoms with Gasteiger partial charge in [0, 0.05) is 17.3 Å². The molecule has 7 atom stereocenters. The Kier molecular flexibility index (Phi) is 2.64. The summed E-state index contributed by atoms with van der Waals surface area (Å²) in [6, 6.07) is 0. The Bertz CT molecular complexity index is 531. The van der Waals surface area contributed by atoms with Crippen LogP contribution in [-0.4, -0.2) is 17.5 Å². The van der Waals surface area contributed by atoms with Gasteiger partial charge in [0.1, 0.15) is 11.4 Å². The van der Waals surface area contributed by atoms with E-state index >= 15 is 0 Å². The Morgan fingerprint density at radius 3 is 2.73 bits per heavy atom. The van der Waals surface area contributed by atoms with Crippen LogP contribution in [0, 0.1) is 28.6 Å². The Balaban J connectivity index is 1.62. The van der Waals surface area contributed by atoms with Crippen molar-refractivity contribution in [2.24, 2.45) is 28.6 Å². The summed E-state index contributed by atoms with van der Waals surface area (Å²) in [5, 5.41) is 0. The van der Waals surface area contributed by atoms with Gasteiger partial charge in [-0.3, -0.25) is 4.79 Å². The van der Waals surface area contributed by atoms with Gasteiger partial charge in [0.25, 0.3) is 0 Å². The van der Waals surface area contributed by atoms with Crippen LogP contribution in [0.25, 0.3) is 0 Å². The van der Waals surface area contributed by atoms with Crippen LogP contribution in [-0.2, 0) is 14.6 Å². The highest BCUT2D eigenvalue weighted by atomic mass is 17.2. The molecule has 6 aliphatic rings. The SMILES string of the molecule is C[C@]12CC[C@H]3CC1CCC1C4CCC(=O)[C@@]4(C)CC[C@@]12OO3. The molecule has 1 spiro atoms. The van der Waals surface area contributed by atoms with Crippen LogP contribution < -0.4 is 0 Å². The highest BCUT2D eigenvalue weighted by Crippen LogP contribution is 2.69. The van der Waals surface area contributed by atoms with Crippen molar-refractivity contribution < 1.29 is 14.6 Å². The first-order valence-corrected chi connectivity index (χ1v) is 9.37. The summed E-state index contributed by atoms with van der Waals surface area (Å²) >= 11 is 0. The lowest BCUT2D eigenvalue weighted by atomic mass is 9.43. The van der Waals surface area contributed by atoms with E-state index < -0.39 is 0 Å². The van der Waals surface area contributed by atoms with Crippen LogP contribution in [0.15, 0.2) is 0 Å². The summed E-state index contributed by atoms with van der Waals surface area (Å²) in [5.74, 6) is 2.31. The van der Waals surface area contributed by atoms with E-state index in [2.05, 4.69) is 13.8 Å². The summed E-state index contributed by atoms with van der Waals surface area (Å²) in [6.07, 6.45) is 10.3. The number of fused-ring (bicyclic) bond motifs is 4. The van der Waals surface area contributed by atoms with Gasteiger partial charge in [-0.1, -0.05) is 13.8 Å². The molecule has 2 saturated heterocycles. The molecule has 6 rings (SSSR count).